The number of alkyl carbamates (subject to hydrolysis) is 1. The Balaban J connectivity index is 1.52. The second kappa shape index (κ2) is 17.1. The summed E-state index contributed by atoms with van der Waals surface area (Å²) >= 11 is 0. The number of esters is 4. The van der Waals surface area contributed by atoms with Gasteiger partial charge in [0.1, 0.15) is 30.0 Å². The molecule has 16 nitrogen and oxygen atoms in total. The van der Waals surface area contributed by atoms with E-state index in [0.717, 1.165) is 6.92 Å². The van der Waals surface area contributed by atoms with E-state index in [-0.39, 0.29) is 42.3 Å². The largest absolute Gasteiger partial charge is 0.456 e. The Kier molecular flexibility index (Phi) is 12.8. The molecule has 1 heterocycles. The van der Waals surface area contributed by atoms with Crippen LogP contribution in [0, 0.1) is 22.7 Å². The molecule has 0 aromatic heterocycles. The molecule has 6 rings (SSSR count). The van der Waals surface area contributed by atoms with E-state index >= 15 is 0 Å². The van der Waals surface area contributed by atoms with E-state index in [2.05, 4.69) is 5.32 Å². The maximum Gasteiger partial charge on any atom is 0.407 e. The zero-order valence-electron chi connectivity index (χ0n) is 35.7. The van der Waals surface area contributed by atoms with Gasteiger partial charge in [-0.1, -0.05) is 83.1 Å². The van der Waals surface area contributed by atoms with Crippen molar-refractivity contribution in [3.05, 3.63) is 82.9 Å². The molecule has 1 amide bonds. The zero-order chi connectivity index (χ0) is 44.8. The van der Waals surface area contributed by atoms with Gasteiger partial charge in [0.2, 0.25) is 0 Å². The molecule has 5 N–H and O–H groups in total. The summed E-state index contributed by atoms with van der Waals surface area (Å²) in [5, 5.41) is 52.8. The Labute approximate surface area is 354 Å². The Hall–Kier alpha value is -4.87. The first-order valence-corrected chi connectivity index (χ1v) is 20.5. The second-order valence-electron chi connectivity index (χ2n) is 17.9. The van der Waals surface area contributed by atoms with E-state index in [0.29, 0.717) is 5.56 Å². The fourth-order valence-corrected chi connectivity index (χ4v) is 10.0. The first-order chi connectivity index (χ1) is 28.6. The molecule has 61 heavy (non-hydrogen) atoms. The molecular formula is C45H57NO15. The van der Waals surface area contributed by atoms with Crippen LogP contribution >= 0.6 is 0 Å². The van der Waals surface area contributed by atoms with Gasteiger partial charge in [-0.15, -0.1) is 0 Å². The van der Waals surface area contributed by atoms with Gasteiger partial charge in [0.25, 0.3) is 0 Å². The third kappa shape index (κ3) is 8.04. The second-order valence-corrected chi connectivity index (χ2v) is 17.9. The van der Waals surface area contributed by atoms with Crippen molar-refractivity contribution in [2.45, 2.75) is 128 Å². The standard InChI is InChI=1S/C45H57NO15/c1-23(2)21-56-41(54)46-33(27-15-11-9-12-16-27)34(50)40(53)59-29-20-45(55)38(60-39(52)28-17-13-10-14-18-28)36-43(8,30(49)19-31-44(36,22-57-31)61-26(5)48)37(51)35(58-25(4)47)32(24(29)3)42(45,6)7/h9-18,23,29-31,33-38,49-51,55H,19-22H2,1-8H3,(H,46,54)/t29-,30-,31+,33-,34+,35+,36-,37-,38-,43+,44-,45+/m0/s1. The number of aliphatic hydroxyl groups excluding tert-OH is 3. The van der Waals surface area contributed by atoms with Crippen LogP contribution in [0.25, 0.3) is 0 Å². The summed E-state index contributed by atoms with van der Waals surface area (Å²) in [6.07, 6.45) is -12.7. The highest BCUT2D eigenvalue weighted by molar-refractivity contribution is 5.89. The van der Waals surface area contributed by atoms with E-state index < -0.39 is 113 Å². The topological polar surface area (TPSA) is 234 Å². The average Bonchev–Trinajstić information content (AvgIpc) is 3.20. The third-order valence-corrected chi connectivity index (χ3v) is 13.2. The maximum atomic E-state index is 14.3. The van der Waals surface area contributed by atoms with E-state index in [4.69, 9.17) is 28.4 Å². The number of ether oxygens (including phenoxy) is 6. The van der Waals surface area contributed by atoms with Gasteiger partial charge in [0, 0.05) is 37.5 Å². The number of hydrogen-bond donors (Lipinski definition) is 5. The van der Waals surface area contributed by atoms with Crippen molar-refractivity contribution in [2.75, 3.05) is 13.2 Å². The number of fused-ring (bicyclic) bond motifs is 5. The summed E-state index contributed by atoms with van der Waals surface area (Å²) in [5.74, 6) is -5.19. The molecule has 0 spiro atoms. The van der Waals surface area contributed by atoms with Crippen LogP contribution in [0.4, 0.5) is 4.79 Å². The van der Waals surface area contributed by atoms with Gasteiger partial charge >= 0.3 is 30.0 Å². The SMILES string of the molecule is CC(=O)O[C@@H]1C2=C(C)[C@@H](OC(=O)[C@H](O)[C@@H](NC(=O)OCC(C)C)c3ccccc3)C[C@@](O)([C@@H](OC(=O)c3ccccc3)[C@@H]3[C@]4(OC(C)=O)CO[C@@H]4C[C@H](O)[C@@]3(C)[C@H]1O)C2(C)C. The van der Waals surface area contributed by atoms with E-state index in [9.17, 15) is 44.4 Å². The lowest BCUT2D eigenvalue weighted by Crippen LogP contribution is -2.82. The minimum Gasteiger partial charge on any atom is -0.456 e. The number of aliphatic hydroxyl groups is 4. The summed E-state index contributed by atoms with van der Waals surface area (Å²) in [5.41, 5.74) is -6.79. The summed E-state index contributed by atoms with van der Waals surface area (Å²) in [7, 11) is 0. The Morgan fingerprint density at radius 3 is 2.08 bits per heavy atom. The number of nitrogens with one attached hydrogen (secondary N) is 1. The molecule has 332 valence electrons. The average molecular weight is 852 g/mol. The van der Waals surface area contributed by atoms with Crippen LogP contribution in [0.3, 0.4) is 0 Å². The maximum absolute atomic E-state index is 14.3. The molecule has 0 unspecified atom stereocenters. The molecule has 4 aliphatic rings. The number of benzene rings is 2. The van der Waals surface area contributed by atoms with Gasteiger partial charge in [0.05, 0.1) is 36.8 Å². The fourth-order valence-electron chi connectivity index (χ4n) is 10.0. The predicted octanol–water partition coefficient (Wildman–Crippen LogP) is 3.48. The third-order valence-electron chi connectivity index (χ3n) is 13.2. The molecule has 2 aromatic rings. The summed E-state index contributed by atoms with van der Waals surface area (Å²) in [4.78, 5) is 67.4. The van der Waals surface area contributed by atoms with E-state index in [1.807, 2.05) is 13.8 Å². The first kappa shape index (κ1) is 45.7. The first-order valence-electron chi connectivity index (χ1n) is 20.5. The van der Waals surface area contributed by atoms with Crippen molar-refractivity contribution in [3.8, 4) is 0 Å². The minimum atomic E-state index is -2.35. The van der Waals surface area contributed by atoms with Crippen LogP contribution in [-0.2, 0) is 42.8 Å². The van der Waals surface area contributed by atoms with Crippen LogP contribution in [0.15, 0.2) is 71.8 Å². The van der Waals surface area contributed by atoms with Crippen molar-refractivity contribution in [3.63, 3.8) is 0 Å². The van der Waals surface area contributed by atoms with Gasteiger partial charge in [-0.25, -0.2) is 14.4 Å². The van der Waals surface area contributed by atoms with Crippen LogP contribution in [0.5, 0.6) is 0 Å². The predicted molar refractivity (Wildman–Crippen MR) is 214 cm³/mol. The molecule has 1 aliphatic heterocycles. The minimum absolute atomic E-state index is 0.00706. The number of rotatable bonds is 11. The molecule has 12 atom stereocenters. The van der Waals surface area contributed by atoms with Crippen LogP contribution < -0.4 is 5.32 Å². The summed E-state index contributed by atoms with van der Waals surface area (Å²) in [6, 6.07) is 14.7. The Bertz CT molecular complexity index is 2020. The molecule has 1 saturated heterocycles. The van der Waals surface area contributed by atoms with Crippen LogP contribution in [0.2, 0.25) is 0 Å². The van der Waals surface area contributed by atoms with Gasteiger partial charge < -0.3 is 54.2 Å². The number of amides is 1. The van der Waals surface area contributed by atoms with E-state index in [1.165, 1.54) is 26.0 Å². The Morgan fingerprint density at radius 1 is 0.902 bits per heavy atom. The normalized spacial score (nSPS) is 33.5. The molecule has 3 aliphatic carbocycles. The van der Waals surface area contributed by atoms with Crippen molar-refractivity contribution < 1.29 is 72.8 Å². The Morgan fingerprint density at radius 2 is 1.52 bits per heavy atom. The monoisotopic (exact) mass is 851 g/mol. The highest BCUT2D eigenvalue weighted by Gasteiger charge is 2.78. The highest BCUT2D eigenvalue weighted by atomic mass is 16.6. The van der Waals surface area contributed by atoms with Crippen LogP contribution in [-0.4, -0.2) is 118 Å². The van der Waals surface area contributed by atoms with E-state index in [1.54, 1.807) is 69.3 Å². The van der Waals surface area contributed by atoms with Crippen molar-refractivity contribution >= 4 is 30.0 Å². The van der Waals surface area contributed by atoms with Gasteiger partial charge in [-0.05, 0) is 41.7 Å². The quantitative estimate of drug-likeness (QED) is 0.124. The molecule has 3 fully saturated rings. The molecular weight excluding hydrogens is 794 g/mol. The van der Waals surface area contributed by atoms with Crippen molar-refractivity contribution in [1.29, 1.82) is 0 Å². The summed E-state index contributed by atoms with van der Waals surface area (Å²) in [6.45, 7) is 12.0. The van der Waals surface area contributed by atoms with Crippen molar-refractivity contribution in [1.82, 2.24) is 5.32 Å². The fraction of sp³-hybridized carbons (Fsp3) is 0.578. The molecule has 16 heteroatoms. The number of hydrogen-bond acceptors (Lipinski definition) is 15. The van der Waals surface area contributed by atoms with Gasteiger partial charge in [-0.2, -0.15) is 0 Å². The lowest BCUT2D eigenvalue weighted by Gasteiger charge is -2.69. The highest BCUT2D eigenvalue weighted by Crippen LogP contribution is 2.65. The smallest absolute Gasteiger partial charge is 0.407 e. The molecule has 2 bridgehead atoms. The lowest BCUT2D eigenvalue weighted by atomic mass is 9.44. The lowest BCUT2D eigenvalue weighted by molar-refractivity contribution is -0.365. The number of carbonyl (C=O) groups is 5. The molecule has 2 aromatic carbocycles. The van der Waals surface area contributed by atoms with Gasteiger partial charge in [-0.3, -0.25) is 9.59 Å². The molecule has 2 saturated carbocycles. The van der Waals surface area contributed by atoms with Gasteiger partial charge in [0.15, 0.2) is 17.8 Å². The number of carbonyl (C=O) groups excluding carboxylic acids is 5. The zero-order valence-corrected chi connectivity index (χ0v) is 35.7. The van der Waals surface area contributed by atoms with Crippen LogP contribution in [0.1, 0.15) is 90.2 Å². The summed E-state index contributed by atoms with van der Waals surface area (Å²) < 4.78 is 35.7. The molecule has 0 radical (unpaired) electrons. The van der Waals surface area contributed by atoms with Crippen molar-refractivity contribution in [2.24, 2.45) is 22.7 Å².